The van der Waals surface area contributed by atoms with Gasteiger partial charge in [-0.15, -0.1) is 0 Å². The summed E-state index contributed by atoms with van der Waals surface area (Å²) in [4.78, 5) is 11.5. The van der Waals surface area contributed by atoms with Gasteiger partial charge in [-0.25, -0.2) is 8.42 Å². The Morgan fingerprint density at radius 3 is 2.14 bits per heavy atom. The molecule has 0 unspecified atom stereocenters. The first-order valence-corrected chi connectivity index (χ1v) is 8.89. The Morgan fingerprint density at radius 1 is 1.00 bits per heavy atom. The molecule has 0 saturated heterocycles. The second-order valence-electron chi connectivity index (χ2n) is 5.61. The summed E-state index contributed by atoms with van der Waals surface area (Å²) in [7, 11) is -3.54. The van der Waals surface area contributed by atoms with Gasteiger partial charge in [0.1, 0.15) is 6.29 Å². The summed E-state index contributed by atoms with van der Waals surface area (Å²) in [5.41, 5.74) is 1.99. The highest BCUT2D eigenvalue weighted by molar-refractivity contribution is 7.92. The maximum atomic E-state index is 12.7. The fraction of sp³-hybridized carbons (Fsp3) is 0.235. The fourth-order valence-electron chi connectivity index (χ4n) is 2.85. The molecule has 0 heterocycles. The quantitative estimate of drug-likeness (QED) is 0.805. The molecule has 0 spiro atoms. The van der Waals surface area contributed by atoms with Gasteiger partial charge < -0.3 is 4.79 Å². The van der Waals surface area contributed by atoms with E-state index in [1.165, 1.54) is 12.1 Å². The van der Waals surface area contributed by atoms with E-state index in [-0.39, 0.29) is 10.8 Å². The molecule has 0 aromatic heterocycles. The summed E-state index contributed by atoms with van der Waals surface area (Å²) in [6, 6.07) is 13.7. The van der Waals surface area contributed by atoms with Gasteiger partial charge in [0, 0.05) is 16.9 Å². The number of aryl methyl sites for hydroxylation is 1. The minimum Gasteiger partial charge on any atom is -0.303 e. The van der Waals surface area contributed by atoms with Gasteiger partial charge in [-0.1, -0.05) is 41.4 Å². The number of aldehydes is 1. The number of hydrogen-bond acceptors (Lipinski definition) is 3. The fourth-order valence-corrected chi connectivity index (χ4v) is 5.09. The monoisotopic (exact) mass is 334 g/mol. The van der Waals surface area contributed by atoms with E-state index >= 15 is 0 Å². The van der Waals surface area contributed by atoms with Crippen molar-refractivity contribution in [2.24, 2.45) is 5.92 Å². The van der Waals surface area contributed by atoms with E-state index in [1.807, 2.05) is 31.2 Å². The number of sulfone groups is 1. The molecule has 22 heavy (non-hydrogen) atoms. The number of rotatable bonds is 4. The lowest BCUT2D eigenvalue weighted by molar-refractivity contribution is -0.108. The summed E-state index contributed by atoms with van der Waals surface area (Å²) in [5, 5.41) is -0.203. The third-order valence-electron chi connectivity index (χ3n) is 4.13. The van der Waals surface area contributed by atoms with Crippen LogP contribution >= 0.6 is 11.6 Å². The van der Waals surface area contributed by atoms with Crippen LogP contribution in [-0.4, -0.2) is 20.0 Å². The van der Waals surface area contributed by atoms with Crippen LogP contribution in [0.5, 0.6) is 0 Å². The lowest BCUT2D eigenvalue weighted by Crippen LogP contribution is -2.11. The predicted octanol–water partition coefficient (Wildman–Crippen LogP) is 3.40. The number of carbonyl (C=O) groups excluding carboxylic acids is 1. The normalized spacial score (nSPS) is 24.0. The first kappa shape index (κ1) is 15.3. The van der Waals surface area contributed by atoms with E-state index in [1.54, 1.807) is 12.1 Å². The van der Waals surface area contributed by atoms with Crippen molar-refractivity contribution in [3.05, 3.63) is 64.7 Å². The largest absolute Gasteiger partial charge is 0.303 e. The second-order valence-corrected chi connectivity index (χ2v) is 8.16. The van der Waals surface area contributed by atoms with Gasteiger partial charge in [0.2, 0.25) is 0 Å². The van der Waals surface area contributed by atoms with Gasteiger partial charge in [0.05, 0.1) is 10.1 Å². The standard InChI is InChI=1S/C17H15ClO3S/c1-11-2-4-12(5-3-11)16-15(10-19)17(16)22(20,21)14-8-6-13(18)7-9-14/h2-10,15-17H,1H3/t15-,16+,17-/m0/s1. The summed E-state index contributed by atoms with van der Waals surface area (Å²) in [6.07, 6.45) is 0.753. The maximum Gasteiger partial charge on any atom is 0.182 e. The molecule has 1 aliphatic carbocycles. The van der Waals surface area contributed by atoms with Crippen molar-refractivity contribution in [1.82, 2.24) is 0 Å². The van der Waals surface area contributed by atoms with Crippen LogP contribution in [0.4, 0.5) is 0 Å². The summed E-state index contributed by atoms with van der Waals surface area (Å²) >= 11 is 5.80. The minimum absolute atomic E-state index is 0.211. The average molecular weight is 335 g/mol. The van der Waals surface area contributed by atoms with Crippen molar-refractivity contribution < 1.29 is 13.2 Å². The molecule has 2 aromatic carbocycles. The molecular formula is C17H15ClO3S. The molecule has 0 aliphatic heterocycles. The zero-order valence-electron chi connectivity index (χ0n) is 11.9. The van der Waals surface area contributed by atoms with Crippen LogP contribution in [0.25, 0.3) is 0 Å². The van der Waals surface area contributed by atoms with Crippen molar-refractivity contribution in [3.63, 3.8) is 0 Å². The highest BCUT2D eigenvalue weighted by Crippen LogP contribution is 2.52. The Morgan fingerprint density at radius 2 is 1.59 bits per heavy atom. The zero-order chi connectivity index (χ0) is 15.9. The Hall–Kier alpha value is -1.65. The molecule has 0 amide bonds. The van der Waals surface area contributed by atoms with Gasteiger partial charge >= 0.3 is 0 Å². The molecule has 3 rings (SSSR count). The Kier molecular flexibility index (Phi) is 3.83. The van der Waals surface area contributed by atoms with Crippen molar-refractivity contribution >= 4 is 27.7 Å². The molecule has 5 heteroatoms. The smallest absolute Gasteiger partial charge is 0.182 e. The SMILES string of the molecule is Cc1ccc([C@@H]2[C@H](C=O)[C@@H]2S(=O)(=O)c2ccc(Cl)cc2)cc1. The van der Waals surface area contributed by atoms with Crippen molar-refractivity contribution in [3.8, 4) is 0 Å². The van der Waals surface area contributed by atoms with Crippen LogP contribution in [0, 0.1) is 12.8 Å². The van der Waals surface area contributed by atoms with Crippen LogP contribution in [0.2, 0.25) is 5.02 Å². The average Bonchev–Trinajstić information content (AvgIpc) is 3.24. The van der Waals surface area contributed by atoms with Crippen molar-refractivity contribution in [2.75, 3.05) is 0 Å². The van der Waals surface area contributed by atoms with Crippen LogP contribution in [0.3, 0.4) is 0 Å². The molecule has 0 bridgehead atoms. The van der Waals surface area contributed by atoms with E-state index in [2.05, 4.69) is 0 Å². The third-order valence-corrected chi connectivity index (χ3v) is 6.63. The van der Waals surface area contributed by atoms with Gasteiger partial charge in [0.25, 0.3) is 0 Å². The highest BCUT2D eigenvalue weighted by atomic mass is 35.5. The van der Waals surface area contributed by atoms with Gasteiger partial charge in [-0.3, -0.25) is 0 Å². The molecule has 1 aliphatic rings. The molecule has 1 fully saturated rings. The Balaban J connectivity index is 1.95. The summed E-state index contributed by atoms with van der Waals surface area (Å²) in [5.74, 6) is -0.748. The van der Waals surface area contributed by atoms with Gasteiger partial charge in [-0.2, -0.15) is 0 Å². The Bertz CT molecular complexity index is 795. The van der Waals surface area contributed by atoms with Gasteiger partial charge in [-0.05, 0) is 36.8 Å². The first-order chi connectivity index (χ1) is 10.4. The van der Waals surface area contributed by atoms with E-state index in [0.29, 0.717) is 5.02 Å². The van der Waals surface area contributed by atoms with Crippen LogP contribution < -0.4 is 0 Å². The predicted molar refractivity (Wildman–Crippen MR) is 85.9 cm³/mol. The molecule has 1 saturated carbocycles. The van der Waals surface area contributed by atoms with Crippen molar-refractivity contribution in [2.45, 2.75) is 23.0 Å². The van der Waals surface area contributed by atoms with E-state index < -0.39 is 21.0 Å². The van der Waals surface area contributed by atoms with E-state index in [0.717, 1.165) is 17.4 Å². The van der Waals surface area contributed by atoms with E-state index in [9.17, 15) is 13.2 Å². The Labute approximate surface area is 134 Å². The molecule has 114 valence electrons. The molecular weight excluding hydrogens is 320 g/mol. The molecule has 3 nitrogen and oxygen atoms in total. The van der Waals surface area contributed by atoms with Gasteiger partial charge in [0.15, 0.2) is 9.84 Å². The van der Waals surface area contributed by atoms with Crippen LogP contribution in [0.15, 0.2) is 53.4 Å². The maximum absolute atomic E-state index is 12.7. The van der Waals surface area contributed by atoms with Crippen molar-refractivity contribution in [1.29, 1.82) is 0 Å². The zero-order valence-corrected chi connectivity index (χ0v) is 13.5. The van der Waals surface area contributed by atoms with Crippen LogP contribution in [0.1, 0.15) is 17.0 Å². The summed E-state index contributed by atoms with van der Waals surface area (Å²) < 4.78 is 25.4. The van der Waals surface area contributed by atoms with E-state index in [4.69, 9.17) is 11.6 Å². The van der Waals surface area contributed by atoms with Crippen LogP contribution in [-0.2, 0) is 14.6 Å². The molecule has 3 atom stereocenters. The second kappa shape index (κ2) is 5.52. The summed E-state index contributed by atoms with van der Waals surface area (Å²) in [6.45, 7) is 1.97. The third kappa shape index (κ3) is 2.57. The number of halogens is 1. The number of carbonyl (C=O) groups is 1. The first-order valence-electron chi connectivity index (χ1n) is 6.96. The highest BCUT2D eigenvalue weighted by Gasteiger charge is 2.58. The number of benzene rings is 2. The topological polar surface area (TPSA) is 51.2 Å². The number of hydrogen-bond donors (Lipinski definition) is 0. The minimum atomic E-state index is -3.54. The lowest BCUT2D eigenvalue weighted by atomic mass is 10.1. The molecule has 2 aromatic rings. The molecule has 0 N–H and O–H groups in total. The lowest BCUT2D eigenvalue weighted by Gasteiger charge is -2.04. The molecule has 0 radical (unpaired) electrons.